The summed E-state index contributed by atoms with van der Waals surface area (Å²) in [5.74, 6) is 0. The van der Waals surface area contributed by atoms with E-state index in [1.807, 2.05) is 0 Å². The zero-order valence-electron chi connectivity index (χ0n) is 11.5. The molecule has 0 bridgehead atoms. The first-order valence-corrected chi connectivity index (χ1v) is 7.27. The van der Waals surface area contributed by atoms with Gasteiger partial charge >= 0.3 is 6.03 Å². The summed E-state index contributed by atoms with van der Waals surface area (Å²) >= 11 is 18.3. The van der Waals surface area contributed by atoms with E-state index in [4.69, 9.17) is 40.5 Å². The summed E-state index contributed by atoms with van der Waals surface area (Å²) in [6, 6.07) is 4.44. The maximum atomic E-state index is 10.6. The minimum atomic E-state index is -0.759. The first-order chi connectivity index (χ1) is 10.4. The monoisotopic (exact) mass is 359 g/mol. The fourth-order valence-electron chi connectivity index (χ4n) is 1.79. The van der Waals surface area contributed by atoms with Gasteiger partial charge in [0.05, 0.1) is 24.0 Å². The number of carbonyl (C=O) groups is 1. The highest BCUT2D eigenvalue weighted by Gasteiger charge is 2.13. The van der Waals surface area contributed by atoms with Crippen molar-refractivity contribution in [3.05, 3.63) is 50.2 Å². The first-order valence-electron chi connectivity index (χ1n) is 6.14. The van der Waals surface area contributed by atoms with Crippen LogP contribution in [0.15, 0.2) is 23.3 Å². The van der Waals surface area contributed by atoms with E-state index in [0.717, 1.165) is 5.56 Å². The highest BCUT2D eigenvalue weighted by Crippen LogP contribution is 2.24. The smallest absolute Gasteiger partial charge is 0.332 e. The van der Waals surface area contributed by atoms with Gasteiger partial charge in [-0.1, -0.05) is 40.9 Å². The number of nitrogens with one attached hydrogen (secondary N) is 1. The van der Waals surface area contributed by atoms with Crippen LogP contribution in [0.2, 0.25) is 15.2 Å². The molecule has 0 saturated heterocycles. The quantitative estimate of drug-likeness (QED) is 0.648. The number of urea groups is 1. The van der Waals surface area contributed by atoms with Crippen LogP contribution < -0.4 is 11.2 Å². The third-order valence-electron chi connectivity index (χ3n) is 2.81. The molecule has 0 atom stereocenters. The molecule has 2 rings (SSSR count). The molecule has 2 amide bonds. The van der Waals surface area contributed by atoms with Crippen LogP contribution in [0.1, 0.15) is 16.8 Å². The van der Waals surface area contributed by atoms with Gasteiger partial charge in [-0.2, -0.15) is 10.2 Å². The first kappa shape index (κ1) is 16.6. The second kappa shape index (κ2) is 7.00. The van der Waals surface area contributed by atoms with Crippen LogP contribution in [-0.2, 0) is 6.54 Å². The molecule has 22 heavy (non-hydrogen) atoms. The topological polar surface area (TPSA) is 85.3 Å². The molecule has 0 fully saturated rings. The Labute approximate surface area is 141 Å². The van der Waals surface area contributed by atoms with Gasteiger partial charge in [0.1, 0.15) is 5.15 Å². The third kappa shape index (κ3) is 3.91. The molecule has 116 valence electrons. The number of nitrogens with zero attached hydrogens (tertiary/aromatic N) is 3. The Hall–Kier alpha value is -1.76. The van der Waals surface area contributed by atoms with Crippen molar-refractivity contribution in [3.8, 4) is 0 Å². The maximum absolute atomic E-state index is 10.6. The Balaban J connectivity index is 2.26. The van der Waals surface area contributed by atoms with Crippen molar-refractivity contribution in [2.75, 3.05) is 0 Å². The highest BCUT2D eigenvalue weighted by molar-refractivity contribution is 6.35. The van der Waals surface area contributed by atoms with Crippen LogP contribution in [-0.4, -0.2) is 22.0 Å². The SMILES string of the molecule is Cc1nn(Cc2ccc(Cl)cc2Cl)c(Cl)c1/C=N\NC(N)=O. The Morgan fingerprint density at radius 1 is 1.45 bits per heavy atom. The lowest BCUT2D eigenvalue weighted by atomic mass is 10.2. The average Bonchev–Trinajstić information content (AvgIpc) is 2.69. The van der Waals surface area contributed by atoms with Crippen LogP contribution in [0.25, 0.3) is 0 Å². The molecule has 3 N–H and O–H groups in total. The molecule has 0 saturated carbocycles. The number of nitrogens with two attached hydrogens (primary N) is 1. The van der Waals surface area contributed by atoms with Crippen LogP contribution >= 0.6 is 34.8 Å². The van der Waals surface area contributed by atoms with Gasteiger partial charge in [0.25, 0.3) is 0 Å². The summed E-state index contributed by atoms with van der Waals surface area (Å²) in [7, 11) is 0. The lowest BCUT2D eigenvalue weighted by Crippen LogP contribution is -2.24. The van der Waals surface area contributed by atoms with Crippen molar-refractivity contribution in [1.29, 1.82) is 0 Å². The van der Waals surface area contributed by atoms with Gasteiger partial charge in [0.15, 0.2) is 0 Å². The summed E-state index contributed by atoms with van der Waals surface area (Å²) < 4.78 is 1.58. The Morgan fingerprint density at radius 3 is 2.82 bits per heavy atom. The zero-order chi connectivity index (χ0) is 16.3. The van der Waals surface area contributed by atoms with Gasteiger partial charge in [-0.15, -0.1) is 0 Å². The van der Waals surface area contributed by atoms with Crippen LogP contribution in [0.5, 0.6) is 0 Å². The summed E-state index contributed by atoms with van der Waals surface area (Å²) in [5.41, 5.74) is 9.09. The maximum Gasteiger partial charge on any atom is 0.332 e. The fraction of sp³-hybridized carbons (Fsp3) is 0.154. The molecule has 9 heteroatoms. The largest absolute Gasteiger partial charge is 0.350 e. The molecule has 1 aromatic carbocycles. The van der Waals surface area contributed by atoms with Crippen molar-refractivity contribution in [1.82, 2.24) is 15.2 Å². The van der Waals surface area contributed by atoms with Crippen molar-refractivity contribution in [2.45, 2.75) is 13.5 Å². The second-order valence-electron chi connectivity index (χ2n) is 4.42. The Morgan fingerprint density at radius 2 is 2.18 bits per heavy atom. The predicted octanol–water partition coefficient (Wildman–Crippen LogP) is 3.20. The number of aromatic nitrogens is 2. The molecule has 1 heterocycles. The number of rotatable bonds is 4. The van der Waals surface area contributed by atoms with Gasteiger partial charge in [-0.3, -0.25) is 0 Å². The molecule has 0 aliphatic heterocycles. The number of amides is 2. The third-order valence-corrected chi connectivity index (χ3v) is 3.80. The van der Waals surface area contributed by atoms with Crippen LogP contribution in [0.4, 0.5) is 4.79 Å². The van der Waals surface area contributed by atoms with Crippen LogP contribution in [0, 0.1) is 6.92 Å². The Bertz CT molecular complexity index is 742. The molecule has 0 aliphatic carbocycles. The molecule has 1 aromatic heterocycles. The lowest BCUT2D eigenvalue weighted by molar-refractivity contribution is 0.249. The second-order valence-corrected chi connectivity index (χ2v) is 5.62. The van der Waals surface area contributed by atoms with Crippen molar-refractivity contribution in [3.63, 3.8) is 0 Å². The van der Waals surface area contributed by atoms with Crippen molar-refractivity contribution < 1.29 is 4.79 Å². The summed E-state index contributed by atoms with van der Waals surface area (Å²) in [4.78, 5) is 10.6. The van der Waals surface area contributed by atoms with E-state index in [1.54, 1.807) is 29.8 Å². The fourth-order valence-corrected chi connectivity index (χ4v) is 2.54. The van der Waals surface area contributed by atoms with Crippen molar-refractivity contribution >= 4 is 47.0 Å². The molecule has 2 aromatic rings. The summed E-state index contributed by atoms with van der Waals surface area (Å²) in [5, 5.41) is 9.47. The minimum Gasteiger partial charge on any atom is -0.350 e. The van der Waals surface area contributed by atoms with Gasteiger partial charge in [0.2, 0.25) is 0 Å². The molecule has 6 nitrogen and oxygen atoms in total. The van der Waals surface area contributed by atoms with Gasteiger partial charge < -0.3 is 5.73 Å². The van der Waals surface area contributed by atoms with Gasteiger partial charge in [-0.05, 0) is 24.6 Å². The van der Waals surface area contributed by atoms with E-state index < -0.39 is 6.03 Å². The molecule has 0 unspecified atom stereocenters. The van der Waals surface area contributed by atoms with E-state index in [9.17, 15) is 4.79 Å². The normalized spacial score (nSPS) is 11.1. The number of hydrogen-bond acceptors (Lipinski definition) is 3. The summed E-state index contributed by atoms with van der Waals surface area (Å²) in [6.45, 7) is 2.16. The number of primary amides is 1. The van der Waals surface area contributed by atoms with E-state index in [0.29, 0.717) is 33.0 Å². The zero-order valence-corrected chi connectivity index (χ0v) is 13.7. The van der Waals surface area contributed by atoms with Crippen molar-refractivity contribution in [2.24, 2.45) is 10.8 Å². The molecular formula is C13H12Cl3N5O. The number of carbonyl (C=O) groups excluding carboxylic acids is 1. The van der Waals surface area contributed by atoms with E-state index in [2.05, 4.69) is 15.6 Å². The predicted molar refractivity (Wildman–Crippen MR) is 87.9 cm³/mol. The summed E-state index contributed by atoms with van der Waals surface area (Å²) in [6.07, 6.45) is 1.38. The molecule has 0 radical (unpaired) electrons. The molecular weight excluding hydrogens is 349 g/mol. The van der Waals surface area contributed by atoms with E-state index >= 15 is 0 Å². The van der Waals surface area contributed by atoms with Gasteiger partial charge in [-0.25, -0.2) is 14.9 Å². The van der Waals surface area contributed by atoms with E-state index in [-0.39, 0.29) is 0 Å². The van der Waals surface area contributed by atoms with E-state index in [1.165, 1.54) is 6.21 Å². The van der Waals surface area contributed by atoms with Crippen LogP contribution in [0.3, 0.4) is 0 Å². The Kier molecular flexibility index (Phi) is 5.28. The average molecular weight is 361 g/mol. The molecule has 0 spiro atoms. The number of halogens is 3. The van der Waals surface area contributed by atoms with Gasteiger partial charge in [0, 0.05) is 10.0 Å². The number of hydrogen-bond donors (Lipinski definition) is 2. The highest BCUT2D eigenvalue weighted by atomic mass is 35.5. The lowest BCUT2D eigenvalue weighted by Gasteiger charge is -2.06. The number of aryl methyl sites for hydroxylation is 1. The number of benzene rings is 1. The minimum absolute atomic E-state index is 0.374. The number of hydrazone groups is 1. The standard InChI is InChI=1S/C13H12Cl3N5O/c1-7-10(5-18-19-13(17)22)12(16)21(20-7)6-8-2-3-9(14)4-11(8)15/h2-5H,6H2,1H3,(H3,17,19,22)/b18-5-. The molecule has 0 aliphatic rings.